The molecule has 0 aliphatic rings. The third-order valence-corrected chi connectivity index (χ3v) is 3.42. The smallest absolute Gasteiger partial charge is 0.276 e. The van der Waals surface area contributed by atoms with Crippen molar-refractivity contribution >= 4 is 26.6 Å². The Morgan fingerprint density at radius 1 is 1.30 bits per heavy atom. The molecule has 0 radical (unpaired) electrons. The molecule has 7 heteroatoms. The molecule has 0 bridgehead atoms. The molecule has 1 N–H and O–H groups in total. The zero-order valence-electron chi connectivity index (χ0n) is 11.3. The fourth-order valence-electron chi connectivity index (χ4n) is 2.03. The third kappa shape index (κ3) is 2.72. The van der Waals surface area contributed by atoms with Crippen molar-refractivity contribution in [3.8, 4) is 0 Å². The van der Waals surface area contributed by atoms with Gasteiger partial charge in [-0.15, -0.1) is 5.10 Å². The van der Waals surface area contributed by atoms with E-state index in [0.717, 1.165) is 5.52 Å². The van der Waals surface area contributed by atoms with E-state index < -0.39 is 9.73 Å². The number of para-hydroxylation sites is 1. The maximum absolute atomic E-state index is 11.6. The second kappa shape index (κ2) is 4.75. The Hall–Kier alpha value is -2.15. The number of nitrogens with one attached hydrogen (secondary N) is 1. The lowest BCUT2D eigenvalue weighted by Gasteiger charge is -2.01. The summed E-state index contributed by atoms with van der Waals surface area (Å²) in [5.41, 5.74) is 1.14. The average Bonchev–Trinajstić information content (AvgIpc) is 2.96. The Bertz CT molecular complexity index is 862. The normalized spacial score (nSPS) is 11.9. The summed E-state index contributed by atoms with van der Waals surface area (Å²) in [6.45, 7) is 0.574. The zero-order valence-corrected chi connectivity index (χ0v) is 12.1. The molecule has 0 aliphatic heterocycles. The summed E-state index contributed by atoms with van der Waals surface area (Å²) in [6, 6.07) is 10.2. The van der Waals surface area contributed by atoms with Crippen molar-refractivity contribution in [1.29, 1.82) is 0 Å². The summed E-state index contributed by atoms with van der Waals surface area (Å²) >= 11 is 0. The molecular formula is C13H15N5OS. The minimum absolute atomic E-state index is 0.242. The molecule has 0 spiro atoms. The summed E-state index contributed by atoms with van der Waals surface area (Å²) in [5, 5.41) is 7.98. The summed E-state index contributed by atoms with van der Waals surface area (Å²) in [5.74, 6) is 0.931. The molecule has 3 aromatic rings. The van der Waals surface area contributed by atoms with Gasteiger partial charge in [0.25, 0.3) is 5.95 Å². The number of aromatic nitrogens is 4. The van der Waals surface area contributed by atoms with E-state index in [1.165, 1.54) is 5.39 Å². The second-order valence-corrected chi connectivity index (χ2v) is 7.40. The van der Waals surface area contributed by atoms with E-state index in [-0.39, 0.29) is 5.95 Å². The molecule has 2 heterocycles. The predicted octanol–water partition coefficient (Wildman–Crippen LogP) is 2.17. The first-order valence-electron chi connectivity index (χ1n) is 6.13. The van der Waals surface area contributed by atoms with Crippen molar-refractivity contribution in [3.05, 3.63) is 42.4 Å². The van der Waals surface area contributed by atoms with Crippen molar-refractivity contribution in [2.45, 2.75) is 6.54 Å². The van der Waals surface area contributed by atoms with Gasteiger partial charge in [-0.3, -0.25) is 5.10 Å². The van der Waals surface area contributed by atoms with Gasteiger partial charge in [0, 0.05) is 34.0 Å². The van der Waals surface area contributed by atoms with Gasteiger partial charge < -0.3 is 4.57 Å². The molecule has 0 saturated heterocycles. The van der Waals surface area contributed by atoms with Crippen LogP contribution in [0.25, 0.3) is 10.9 Å². The number of fused-ring (bicyclic) bond motifs is 1. The highest BCUT2D eigenvalue weighted by molar-refractivity contribution is 7.92. The molecule has 6 nitrogen and oxygen atoms in total. The van der Waals surface area contributed by atoms with Gasteiger partial charge in [0.15, 0.2) is 0 Å². The topological polar surface area (TPSA) is 75.9 Å². The summed E-state index contributed by atoms with van der Waals surface area (Å²) in [6.07, 6.45) is 5.12. The lowest BCUT2D eigenvalue weighted by molar-refractivity contribution is 0.684. The minimum Gasteiger partial charge on any atom is -0.340 e. The molecule has 0 fully saturated rings. The molecule has 0 amide bonds. The lowest BCUT2D eigenvalue weighted by Crippen LogP contribution is -1.99. The van der Waals surface area contributed by atoms with Crippen molar-refractivity contribution < 1.29 is 4.21 Å². The van der Waals surface area contributed by atoms with Crippen molar-refractivity contribution in [3.63, 3.8) is 0 Å². The van der Waals surface area contributed by atoms with Crippen molar-refractivity contribution in [2.24, 2.45) is 4.36 Å². The van der Waals surface area contributed by atoms with E-state index in [9.17, 15) is 4.21 Å². The Morgan fingerprint density at radius 2 is 2.10 bits per heavy atom. The van der Waals surface area contributed by atoms with E-state index in [1.54, 1.807) is 12.5 Å². The molecule has 0 saturated carbocycles. The highest BCUT2D eigenvalue weighted by Gasteiger charge is 2.06. The van der Waals surface area contributed by atoms with Crippen LogP contribution < -0.4 is 0 Å². The van der Waals surface area contributed by atoms with E-state index in [2.05, 4.69) is 42.3 Å². The van der Waals surface area contributed by atoms with Crippen LogP contribution in [0.5, 0.6) is 0 Å². The largest absolute Gasteiger partial charge is 0.340 e. The van der Waals surface area contributed by atoms with Crippen LogP contribution >= 0.6 is 0 Å². The molecule has 0 aliphatic carbocycles. The molecule has 0 unspecified atom stereocenters. The van der Waals surface area contributed by atoms with Crippen molar-refractivity contribution in [1.82, 2.24) is 19.7 Å². The highest BCUT2D eigenvalue weighted by atomic mass is 32.2. The summed E-state index contributed by atoms with van der Waals surface area (Å²) < 4.78 is 17.6. The Kier molecular flexibility index (Phi) is 3.06. The van der Waals surface area contributed by atoms with Crippen LogP contribution in [0.15, 0.2) is 40.9 Å². The first-order chi connectivity index (χ1) is 9.51. The fourth-order valence-corrected chi connectivity index (χ4v) is 2.51. The monoisotopic (exact) mass is 289 g/mol. The SMILES string of the molecule is CS(C)(=O)=Nc1n[nH]c(Cn2ccc3ccccc32)n1. The molecule has 1 aromatic carbocycles. The van der Waals surface area contributed by atoms with E-state index in [0.29, 0.717) is 12.4 Å². The van der Waals surface area contributed by atoms with Crippen LogP contribution in [-0.2, 0) is 16.3 Å². The van der Waals surface area contributed by atoms with Crippen LogP contribution in [0.1, 0.15) is 5.82 Å². The Balaban J connectivity index is 1.91. The van der Waals surface area contributed by atoms with Gasteiger partial charge in [0.05, 0.1) is 6.54 Å². The van der Waals surface area contributed by atoms with Crippen LogP contribution in [0, 0.1) is 0 Å². The maximum atomic E-state index is 11.6. The van der Waals surface area contributed by atoms with Gasteiger partial charge in [0.2, 0.25) is 0 Å². The zero-order chi connectivity index (χ0) is 14.2. The second-order valence-electron chi connectivity index (χ2n) is 4.86. The highest BCUT2D eigenvalue weighted by Crippen LogP contribution is 2.16. The van der Waals surface area contributed by atoms with Gasteiger partial charge in [-0.25, -0.2) is 4.21 Å². The number of benzene rings is 1. The fraction of sp³-hybridized carbons (Fsp3) is 0.231. The molecule has 3 rings (SSSR count). The molecule has 2 aromatic heterocycles. The number of H-pyrrole nitrogens is 1. The quantitative estimate of drug-likeness (QED) is 0.802. The third-order valence-electron chi connectivity index (χ3n) is 2.82. The first kappa shape index (κ1) is 12.9. The van der Waals surface area contributed by atoms with Gasteiger partial charge in [-0.05, 0) is 17.5 Å². The average molecular weight is 289 g/mol. The minimum atomic E-state index is -2.24. The maximum Gasteiger partial charge on any atom is 0.276 e. The van der Waals surface area contributed by atoms with Crippen molar-refractivity contribution in [2.75, 3.05) is 12.5 Å². The molecule has 20 heavy (non-hydrogen) atoms. The molecular weight excluding hydrogens is 274 g/mol. The number of nitrogens with zero attached hydrogens (tertiary/aromatic N) is 4. The summed E-state index contributed by atoms with van der Waals surface area (Å²) in [4.78, 5) is 4.24. The van der Waals surface area contributed by atoms with Gasteiger partial charge >= 0.3 is 0 Å². The van der Waals surface area contributed by atoms with E-state index in [4.69, 9.17) is 0 Å². The number of rotatable bonds is 3. The lowest BCUT2D eigenvalue weighted by atomic mass is 10.2. The van der Waals surface area contributed by atoms with Gasteiger partial charge in [-0.2, -0.15) is 9.35 Å². The van der Waals surface area contributed by atoms with Gasteiger partial charge in [0.1, 0.15) is 5.82 Å². The number of hydrogen-bond donors (Lipinski definition) is 1. The van der Waals surface area contributed by atoms with E-state index in [1.807, 2.05) is 18.3 Å². The van der Waals surface area contributed by atoms with E-state index >= 15 is 0 Å². The standard InChI is InChI=1S/C13H15N5OS/c1-20(2,19)17-13-14-12(15-16-13)9-18-8-7-10-5-3-4-6-11(10)18/h3-8H,9H2,1-2H3,(H,14,15,16). The van der Waals surface area contributed by atoms with Gasteiger partial charge in [-0.1, -0.05) is 18.2 Å². The summed E-state index contributed by atoms with van der Waals surface area (Å²) in [7, 11) is -2.24. The molecule has 104 valence electrons. The first-order valence-corrected chi connectivity index (χ1v) is 8.47. The number of aromatic amines is 1. The number of hydrogen-bond acceptors (Lipinski definition) is 4. The van der Waals surface area contributed by atoms with Crippen LogP contribution in [0.4, 0.5) is 5.95 Å². The van der Waals surface area contributed by atoms with Crippen LogP contribution in [0.3, 0.4) is 0 Å². The van der Waals surface area contributed by atoms with Crippen LogP contribution in [0.2, 0.25) is 0 Å². The van der Waals surface area contributed by atoms with Crippen LogP contribution in [-0.4, -0.2) is 36.5 Å². The molecule has 0 atom stereocenters. The Morgan fingerprint density at radius 3 is 2.90 bits per heavy atom. The predicted molar refractivity (Wildman–Crippen MR) is 79.5 cm³/mol. The Labute approximate surface area is 117 Å².